The van der Waals surface area contributed by atoms with Crippen LogP contribution in [-0.2, 0) is 17.8 Å². The Morgan fingerprint density at radius 2 is 2.12 bits per heavy atom. The number of likely N-dealkylation sites (N-methyl/N-ethyl adjacent to an activating group) is 1. The van der Waals surface area contributed by atoms with E-state index >= 15 is 0 Å². The van der Waals surface area contributed by atoms with Gasteiger partial charge < -0.3 is 10.1 Å². The molecule has 17 heavy (non-hydrogen) atoms. The van der Waals surface area contributed by atoms with E-state index in [4.69, 9.17) is 4.74 Å². The van der Waals surface area contributed by atoms with Crippen molar-refractivity contribution in [2.24, 2.45) is 0 Å². The Bertz CT molecular complexity index is 317. The van der Waals surface area contributed by atoms with Gasteiger partial charge in [0.15, 0.2) is 0 Å². The fourth-order valence-corrected chi connectivity index (χ4v) is 1.70. The molecule has 0 fully saturated rings. The third kappa shape index (κ3) is 5.26. The molecule has 0 saturated carbocycles. The number of rotatable bonds is 8. The van der Waals surface area contributed by atoms with Crippen LogP contribution in [0.2, 0.25) is 0 Å². The summed E-state index contributed by atoms with van der Waals surface area (Å²) in [6.45, 7) is 6.60. The van der Waals surface area contributed by atoms with E-state index in [1.807, 2.05) is 13.1 Å². The molecule has 4 heteroatoms. The Hall–Kier alpha value is -0.970. The summed E-state index contributed by atoms with van der Waals surface area (Å²) in [5, 5.41) is 3.12. The summed E-state index contributed by atoms with van der Waals surface area (Å²) in [4.78, 5) is 6.94. The maximum atomic E-state index is 5.10. The molecule has 0 amide bonds. The minimum Gasteiger partial charge on any atom is -0.383 e. The zero-order valence-corrected chi connectivity index (χ0v) is 11.1. The average molecular weight is 237 g/mol. The van der Waals surface area contributed by atoms with E-state index in [0.717, 1.165) is 44.2 Å². The first kappa shape index (κ1) is 14.1. The average Bonchev–Trinajstić information content (AvgIpc) is 2.35. The highest BCUT2D eigenvalue weighted by Crippen LogP contribution is 2.03. The molecule has 0 aliphatic carbocycles. The lowest BCUT2D eigenvalue weighted by Crippen LogP contribution is -2.27. The Morgan fingerprint density at radius 3 is 2.76 bits per heavy atom. The lowest BCUT2D eigenvalue weighted by molar-refractivity contribution is 0.146. The first-order valence-electron chi connectivity index (χ1n) is 6.10. The maximum absolute atomic E-state index is 5.10. The van der Waals surface area contributed by atoms with E-state index in [-0.39, 0.29) is 0 Å². The number of nitrogens with zero attached hydrogens (tertiary/aromatic N) is 2. The quantitative estimate of drug-likeness (QED) is 0.739. The van der Waals surface area contributed by atoms with E-state index in [1.54, 1.807) is 7.11 Å². The number of aromatic nitrogens is 1. The summed E-state index contributed by atoms with van der Waals surface area (Å²) >= 11 is 0. The van der Waals surface area contributed by atoms with Crippen molar-refractivity contribution in [3.63, 3.8) is 0 Å². The molecule has 1 N–H and O–H groups in total. The van der Waals surface area contributed by atoms with Gasteiger partial charge in [0.1, 0.15) is 0 Å². The summed E-state index contributed by atoms with van der Waals surface area (Å²) in [5.41, 5.74) is 2.21. The van der Waals surface area contributed by atoms with Gasteiger partial charge in [-0.3, -0.25) is 9.88 Å². The van der Waals surface area contributed by atoms with Gasteiger partial charge in [-0.05, 0) is 25.7 Å². The number of hydrogen-bond acceptors (Lipinski definition) is 4. The lowest BCUT2D eigenvalue weighted by atomic mass is 10.3. The Morgan fingerprint density at radius 1 is 1.35 bits per heavy atom. The standard InChI is InChI=1S/C13H23N3O/c1-4-16(8-9-17-3)11-13-7-5-6-12(15-13)10-14-2/h5-7,14H,4,8-11H2,1-3H3. The highest BCUT2D eigenvalue weighted by atomic mass is 16.5. The molecule has 0 radical (unpaired) electrons. The van der Waals surface area contributed by atoms with Gasteiger partial charge in [0, 0.05) is 26.7 Å². The summed E-state index contributed by atoms with van der Waals surface area (Å²) < 4.78 is 5.10. The predicted molar refractivity (Wildman–Crippen MR) is 69.8 cm³/mol. The fourth-order valence-electron chi connectivity index (χ4n) is 1.70. The Balaban J connectivity index is 2.55. The van der Waals surface area contributed by atoms with Gasteiger partial charge in [-0.2, -0.15) is 0 Å². The van der Waals surface area contributed by atoms with Crippen molar-refractivity contribution in [3.8, 4) is 0 Å². The first-order valence-corrected chi connectivity index (χ1v) is 6.10. The van der Waals surface area contributed by atoms with Gasteiger partial charge >= 0.3 is 0 Å². The molecule has 1 rings (SSSR count). The van der Waals surface area contributed by atoms with Crippen molar-refractivity contribution >= 4 is 0 Å². The van der Waals surface area contributed by atoms with Gasteiger partial charge in [-0.15, -0.1) is 0 Å². The smallest absolute Gasteiger partial charge is 0.0589 e. The van der Waals surface area contributed by atoms with Crippen LogP contribution >= 0.6 is 0 Å². The van der Waals surface area contributed by atoms with E-state index in [9.17, 15) is 0 Å². The molecule has 1 aromatic rings. The summed E-state index contributed by atoms with van der Waals surface area (Å²) in [5.74, 6) is 0. The zero-order valence-electron chi connectivity index (χ0n) is 11.1. The molecule has 4 nitrogen and oxygen atoms in total. The summed E-state index contributed by atoms with van der Waals surface area (Å²) in [7, 11) is 3.67. The van der Waals surface area contributed by atoms with Crippen LogP contribution in [0.3, 0.4) is 0 Å². The van der Waals surface area contributed by atoms with Gasteiger partial charge in [-0.25, -0.2) is 0 Å². The van der Waals surface area contributed by atoms with E-state index in [1.165, 1.54) is 0 Å². The number of nitrogens with one attached hydrogen (secondary N) is 1. The molecule has 0 atom stereocenters. The third-order valence-corrected chi connectivity index (χ3v) is 2.67. The van der Waals surface area contributed by atoms with E-state index in [2.05, 4.69) is 34.3 Å². The number of methoxy groups -OCH3 is 1. The summed E-state index contributed by atoms with van der Waals surface area (Å²) in [6.07, 6.45) is 0. The SMILES string of the molecule is CCN(CCOC)Cc1cccc(CNC)n1. The first-order chi connectivity index (χ1) is 8.30. The second-order valence-electron chi connectivity index (χ2n) is 4.01. The van der Waals surface area contributed by atoms with Crippen molar-refractivity contribution in [3.05, 3.63) is 29.6 Å². The molecular formula is C13H23N3O. The molecule has 1 heterocycles. The molecule has 0 spiro atoms. The molecule has 0 unspecified atom stereocenters. The minimum absolute atomic E-state index is 0.768. The van der Waals surface area contributed by atoms with Crippen LogP contribution in [0.4, 0.5) is 0 Å². The maximum Gasteiger partial charge on any atom is 0.0589 e. The van der Waals surface area contributed by atoms with Crippen LogP contribution in [0, 0.1) is 0 Å². The van der Waals surface area contributed by atoms with Gasteiger partial charge in [0.05, 0.1) is 18.0 Å². The fraction of sp³-hybridized carbons (Fsp3) is 0.615. The van der Waals surface area contributed by atoms with Crippen molar-refractivity contribution in [1.82, 2.24) is 15.2 Å². The number of hydrogen-bond donors (Lipinski definition) is 1. The van der Waals surface area contributed by atoms with Crippen molar-refractivity contribution in [2.75, 3.05) is 33.9 Å². The van der Waals surface area contributed by atoms with Crippen LogP contribution in [0.5, 0.6) is 0 Å². The van der Waals surface area contributed by atoms with E-state index in [0.29, 0.717) is 0 Å². The number of ether oxygens (including phenoxy) is 1. The third-order valence-electron chi connectivity index (χ3n) is 2.67. The molecule has 96 valence electrons. The van der Waals surface area contributed by atoms with Crippen LogP contribution in [-0.4, -0.2) is 43.7 Å². The lowest BCUT2D eigenvalue weighted by Gasteiger charge is -2.19. The largest absolute Gasteiger partial charge is 0.383 e. The molecule has 0 aromatic carbocycles. The molecule has 1 aromatic heterocycles. The van der Waals surface area contributed by atoms with Gasteiger partial charge in [0.25, 0.3) is 0 Å². The highest BCUT2D eigenvalue weighted by Gasteiger charge is 2.04. The van der Waals surface area contributed by atoms with Crippen molar-refractivity contribution in [2.45, 2.75) is 20.0 Å². The molecular weight excluding hydrogens is 214 g/mol. The summed E-state index contributed by atoms with van der Waals surface area (Å²) in [6, 6.07) is 6.19. The second kappa shape index (κ2) is 8.17. The Labute approximate surface area is 104 Å². The van der Waals surface area contributed by atoms with Crippen LogP contribution in [0.15, 0.2) is 18.2 Å². The van der Waals surface area contributed by atoms with E-state index < -0.39 is 0 Å². The molecule has 0 aliphatic rings. The second-order valence-corrected chi connectivity index (χ2v) is 4.01. The monoisotopic (exact) mass is 237 g/mol. The predicted octanol–water partition coefficient (Wildman–Crippen LogP) is 1.27. The number of pyridine rings is 1. The normalized spacial score (nSPS) is 11.1. The highest BCUT2D eigenvalue weighted by molar-refractivity contribution is 5.11. The molecule has 0 saturated heterocycles. The van der Waals surface area contributed by atoms with Crippen molar-refractivity contribution in [1.29, 1.82) is 0 Å². The minimum atomic E-state index is 0.768. The zero-order chi connectivity index (χ0) is 12.5. The van der Waals surface area contributed by atoms with Crippen LogP contribution < -0.4 is 5.32 Å². The van der Waals surface area contributed by atoms with Crippen molar-refractivity contribution < 1.29 is 4.74 Å². The van der Waals surface area contributed by atoms with Gasteiger partial charge in [-0.1, -0.05) is 13.0 Å². The topological polar surface area (TPSA) is 37.4 Å². The van der Waals surface area contributed by atoms with Gasteiger partial charge in [0.2, 0.25) is 0 Å². The molecule has 0 bridgehead atoms. The Kier molecular flexibility index (Phi) is 6.77. The molecule has 0 aliphatic heterocycles. The van der Waals surface area contributed by atoms with Crippen LogP contribution in [0.1, 0.15) is 18.3 Å². The van der Waals surface area contributed by atoms with Crippen LogP contribution in [0.25, 0.3) is 0 Å².